The largest absolute Gasteiger partial charge is 0.388 e. The minimum atomic E-state index is -0.536. The highest BCUT2D eigenvalue weighted by Crippen LogP contribution is 2.25. The molecule has 0 aromatic heterocycles. The van der Waals surface area contributed by atoms with Crippen molar-refractivity contribution in [1.29, 1.82) is 0 Å². The first-order valence-electron chi connectivity index (χ1n) is 6.92. The van der Waals surface area contributed by atoms with E-state index in [1.165, 1.54) is 5.56 Å². The van der Waals surface area contributed by atoms with E-state index in [4.69, 9.17) is 23.2 Å². The zero-order valence-corrected chi connectivity index (χ0v) is 13.5. The number of aliphatic hydroxyl groups is 1. The Labute approximate surface area is 135 Å². The number of aliphatic hydroxyl groups excluding tert-OH is 1. The van der Waals surface area contributed by atoms with E-state index in [2.05, 4.69) is 4.90 Å². The van der Waals surface area contributed by atoms with Gasteiger partial charge in [-0.2, -0.15) is 0 Å². The van der Waals surface area contributed by atoms with Gasteiger partial charge in [-0.3, -0.25) is 0 Å². The van der Waals surface area contributed by atoms with Crippen molar-refractivity contribution in [2.45, 2.75) is 19.1 Å². The van der Waals surface area contributed by atoms with Crippen LogP contribution in [0.4, 0.5) is 0 Å². The van der Waals surface area contributed by atoms with E-state index < -0.39 is 6.10 Å². The number of rotatable bonds is 6. The molecule has 21 heavy (non-hydrogen) atoms. The molecule has 0 saturated heterocycles. The van der Waals surface area contributed by atoms with Crippen LogP contribution in [0.2, 0.25) is 10.0 Å². The van der Waals surface area contributed by atoms with E-state index in [1.54, 1.807) is 6.07 Å². The van der Waals surface area contributed by atoms with Crippen LogP contribution in [0.5, 0.6) is 0 Å². The molecule has 2 aromatic rings. The molecule has 2 nitrogen and oxygen atoms in total. The second-order valence-corrected chi connectivity index (χ2v) is 6.03. The van der Waals surface area contributed by atoms with E-state index in [-0.39, 0.29) is 0 Å². The van der Waals surface area contributed by atoms with Gasteiger partial charge >= 0.3 is 0 Å². The van der Waals surface area contributed by atoms with Crippen LogP contribution >= 0.6 is 23.2 Å². The van der Waals surface area contributed by atoms with Crippen molar-refractivity contribution in [2.75, 3.05) is 13.6 Å². The van der Waals surface area contributed by atoms with Gasteiger partial charge in [-0.1, -0.05) is 53.5 Å². The molecular weight excluding hydrogens is 305 g/mol. The maximum absolute atomic E-state index is 10.2. The van der Waals surface area contributed by atoms with Gasteiger partial charge in [-0.05, 0) is 42.8 Å². The molecule has 0 aliphatic heterocycles. The van der Waals surface area contributed by atoms with Gasteiger partial charge in [-0.15, -0.1) is 0 Å². The van der Waals surface area contributed by atoms with Crippen LogP contribution in [0.15, 0.2) is 48.5 Å². The number of hydrogen-bond acceptors (Lipinski definition) is 2. The minimum Gasteiger partial charge on any atom is -0.388 e. The lowest BCUT2D eigenvalue weighted by molar-refractivity contribution is 0.148. The molecule has 0 aliphatic carbocycles. The number of nitrogens with zero attached hydrogens (tertiary/aromatic N) is 1. The average Bonchev–Trinajstić information content (AvgIpc) is 2.48. The fraction of sp³-hybridized carbons (Fsp3) is 0.294. The molecule has 0 bridgehead atoms. The van der Waals surface area contributed by atoms with Gasteiger partial charge in [0.2, 0.25) is 0 Å². The Bertz CT molecular complexity index is 571. The van der Waals surface area contributed by atoms with Crippen LogP contribution in [-0.2, 0) is 6.54 Å². The Morgan fingerprint density at radius 1 is 1.05 bits per heavy atom. The van der Waals surface area contributed by atoms with Crippen molar-refractivity contribution < 1.29 is 5.11 Å². The van der Waals surface area contributed by atoms with Crippen LogP contribution < -0.4 is 0 Å². The second kappa shape index (κ2) is 7.81. The average molecular weight is 324 g/mol. The molecule has 0 fully saturated rings. The highest BCUT2D eigenvalue weighted by Gasteiger charge is 2.12. The maximum Gasteiger partial charge on any atom is 0.0816 e. The summed E-state index contributed by atoms with van der Waals surface area (Å²) in [4.78, 5) is 2.17. The van der Waals surface area contributed by atoms with Crippen LogP contribution in [0.1, 0.15) is 23.7 Å². The normalized spacial score (nSPS) is 12.6. The molecule has 0 radical (unpaired) electrons. The van der Waals surface area contributed by atoms with Crippen LogP contribution in [0.3, 0.4) is 0 Å². The summed E-state index contributed by atoms with van der Waals surface area (Å²) in [7, 11) is 2.04. The van der Waals surface area contributed by atoms with E-state index in [0.717, 1.165) is 23.7 Å². The van der Waals surface area contributed by atoms with Crippen molar-refractivity contribution in [3.63, 3.8) is 0 Å². The Hall–Kier alpha value is -1.06. The monoisotopic (exact) mass is 323 g/mol. The first-order valence-corrected chi connectivity index (χ1v) is 7.67. The van der Waals surface area contributed by atoms with Gasteiger partial charge in [0.05, 0.1) is 6.10 Å². The van der Waals surface area contributed by atoms with E-state index in [9.17, 15) is 5.11 Å². The van der Waals surface area contributed by atoms with Gasteiger partial charge in [0.1, 0.15) is 0 Å². The lowest BCUT2D eigenvalue weighted by atomic mass is 10.1. The minimum absolute atomic E-state index is 0.536. The Morgan fingerprint density at radius 2 is 1.71 bits per heavy atom. The first kappa shape index (κ1) is 16.3. The third kappa shape index (κ3) is 5.01. The molecule has 0 spiro atoms. The van der Waals surface area contributed by atoms with Gasteiger partial charge in [-0.25, -0.2) is 0 Å². The molecule has 0 saturated carbocycles. The summed E-state index contributed by atoms with van der Waals surface area (Å²) in [6.07, 6.45) is 0.111. The van der Waals surface area contributed by atoms with Gasteiger partial charge in [0, 0.05) is 23.1 Å². The highest BCUT2D eigenvalue weighted by molar-refractivity contribution is 6.31. The maximum atomic E-state index is 10.2. The molecule has 112 valence electrons. The molecule has 2 aromatic carbocycles. The summed E-state index contributed by atoms with van der Waals surface area (Å²) in [6.45, 7) is 1.61. The number of hydrogen-bond donors (Lipinski definition) is 1. The fourth-order valence-electron chi connectivity index (χ4n) is 2.22. The van der Waals surface area contributed by atoms with Crippen molar-refractivity contribution in [3.8, 4) is 0 Å². The zero-order valence-electron chi connectivity index (χ0n) is 12.0. The molecule has 0 aliphatic rings. The van der Waals surface area contributed by atoms with Crippen LogP contribution in [0, 0.1) is 0 Å². The summed E-state index contributed by atoms with van der Waals surface area (Å²) in [5.74, 6) is 0. The summed E-state index contributed by atoms with van der Waals surface area (Å²) in [5, 5.41) is 11.6. The predicted molar refractivity (Wildman–Crippen MR) is 88.8 cm³/mol. The Kier molecular flexibility index (Phi) is 6.07. The molecule has 1 atom stereocenters. The van der Waals surface area contributed by atoms with Crippen LogP contribution in [0.25, 0.3) is 0 Å². The third-order valence-electron chi connectivity index (χ3n) is 3.41. The standard InChI is InChI=1S/C17H19Cl2NO/c1-20(12-13-6-8-14(18)9-7-13)11-10-17(21)15-4-2-3-5-16(15)19/h2-9,17,21H,10-12H2,1H3. The smallest absolute Gasteiger partial charge is 0.0816 e. The fourth-order valence-corrected chi connectivity index (χ4v) is 2.61. The Morgan fingerprint density at radius 3 is 2.38 bits per heavy atom. The molecule has 2 rings (SSSR count). The van der Waals surface area contributed by atoms with E-state index in [1.807, 2.05) is 49.5 Å². The Balaban J connectivity index is 1.85. The lowest BCUT2D eigenvalue weighted by Gasteiger charge is -2.19. The van der Waals surface area contributed by atoms with Crippen molar-refractivity contribution in [3.05, 3.63) is 69.7 Å². The van der Waals surface area contributed by atoms with E-state index >= 15 is 0 Å². The second-order valence-electron chi connectivity index (χ2n) is 5.19. The van der Waals surface area contributed by atoms with E-state index in [0.29, 0.717) is 11.4 Å². The summed E-state index contributed by atoms with van der Waals surface area (Å²) >= 11 is 12.0. The zero-order chi connectivity index (χ0) is 15.2. The van der Waals surface area contributed by atoms with Crippen LogP contribution in [-0.4, -0.2) is 23.6 Å². The topological polar surface area (TPSA) is 23.5 Å². The molecular formula is C17H19Cl2NO. The summed E-state index contributed by atoms with van der Waals surface area (Å²) < 4.78 is 0. The molecule has 0 amide bonds. The molecule has 1 unspecified atom stereocenters. The summed E-state index contributed by atoms with van der Waals surface area (Å²) in [5.41, 5.74) is 1.99. The molecule has 4 heteroatoms. The predicted octanol–water partition coefficient (Wildman–Crippen LogP) is 4.55. The quantitative estimate of drug-likeness (QED) is 0.843. The molecule has 0 heterocycles. The van der Waals surface area contributed by atoms with Gasteiger partial charge in [0.25, 0.3) is 0 Å². The van der Waals surface area contributed by atoms with Gasteiger partial charge in [0.15, 0.2) is 0 Å². The SMILES string of the molecule is CN(CCC(O)c1ccccc1Cl)Cc1ccc(Cl)cc1. The highest BCUT2D eigenvalue weighted by atomic mass is 35.5. The number of halogens is 2. The van der Waals surface area contributed by atoms with Crippen molar-refractivity contribution in [2.24, 2.45) is 0 Å². The number of benzene rings is 2. The lowest BCUT2D eigenvalue weighted by Crippen LogP contribution is -2.21. The van der Waals surface area contributed by atoms with Crippen molar-refractivity contribution in [1.82, 2.24) is 4.90 Å². The third-order valence-corrected chi connectivity index (χ3v) is 4.01. The first-order chi connectivity index (χ1) is 10.1. The summed E-state index contributed by atoms with van der Waals surface area (Å²) in [6, 6.07) is 15.2. The molecule has 1 N–H and O–H groups in total. The van der Waals surface area contributed by atoms with Crippen molar-refractivity contribution >= 4 is 23.2 Å². The van der Waals surface area contributed by atoms with Gasteiger partial charge < -0.3 is 10.0 Å².